The third-order valence-electron chi connectivity index (χ3n) is 7.49. The lowest BCUT2D eigenvalue weighted by atomic mass is 10.1. The van der Waals surface area contributed by atoms with Gasteiger partial charge >= 0.3 is 0 Å². The van der Waals surface area contributed by atoms with E-state index in [1.165, 1.54) is 11.6 Å². The number of benzene rings is 4. The number of hydrogen-bond acceptors (Lipinski definition) is 6. The molecule has 5 rings (SSSR count). The maximum absolute atomic E-state index is 13.8. The van der Waals surface area contributed by atoms with Crippen LogP contribution in [0.4, 0.5) is 0 Å². The van der Waals surface area contributed by atoms with Crippen molar-refractivity contribution < 1.29 is 8.42 Å². The molecule has 4 aromatic carbocycles. The van der Waals surface area contributed by atoms with Crippen LogP contribution in [-0.4, -0.2) is 55.2 Å². The van der Waals surface area contributed by atoms with Crippen LogP contribution in [0, 0.1) is 5.41 Å². The lowest BCUT2D eigenvalue weighted by Gasteiger charge is -2.40. The van der Waals surface area contributed by atoms with E-state index in [0.29, 0.717) is 45.6 Å². The first-order chi connectivity index (χ1) is 21.1. The van der Waals surface area contributed by atoms with Gasteiger partial charge in [-0.05, 0) is 47.0 Å². The summed E-state index contributed by atoms with van der Waals surface area (Å²) in [7, 11) is -4.05. The summed E-state index contributed by atoms with van der Waals surface area (Å²) in [6.07, 6.45) is 0. The zero-order valence-electron chi connectivity index (χ0n) is 24.1. The number of amidine groups is 1. The molecule has 1 aliphatic heterocycles. The summed E-state index contributed by atoms with van der Waals surface area (Å²) >= 11 is 12.5. The van der Waals surface area contributed by atoms with E-state index in [0.717, 1.165) is 25.2 Å². The highest BCUT2D eigenvalue weighted by Gasteiger charge is 2.26. The average molecular weight is 650 g/mol. The number of nitrogens with zero attached hydrogens (tertiary/aromatic N) is 3. The van der Waals surface area contributed by atoms with E-state index in [-0.39, 0.29) is 17.3 Å². The number of hydrogen-bond donors (Lipinski definition) is 3. The minimum absolute atomic E-state index is 0.0648. The number of nitrogens with two attached hydrogens (primary N) is 1. The minimum Gasteiger partial charge on any atom is -0.384 e. The van der Waals surface area contributed by atoms with Gasteiger partial charge in [-0.3, -0.25) is 15.3 Å². The second-order valence-corrected chi connectivity index (χ2v) is 13.1. The Morgan fingerprint density at radius 2 is 1.59 bits per heavy atom. The Kier molecular flexibility index (Phi) is 9.93. The van der Waals surface area contributed by atoms with Gasteiger partial charge in [0.15, 0.2) is 0 Å². The number of nitrogen functional groups attached to an aromatic ring is 1. The molecule has 0 aromatic heterocycles. The number of piperazine rings is 1. The van der Waals surface area contributed by atoms with Crippen LogP contribution in [-0.2, 0) is 23.1 Å². The molecule has 8 nitrogen and oxygen atoms in total. The SMILES string of the molecule is C=C(N1CCN(Cc2ccccc2)CC1)N(Cc1cccc(C(=N)N)c1)NS(=O)(=O)c1cccc(-c2ccc(Cl)cc2Cl)c1. The molecule has 1 heterocycles. The Balaban J connectivity index is 1.38. The molecular formula is C33H34Cl2N6O2S. The lowest BCUT2D eigenvalue weighted by molar-refractivity contribution is 0.109. The van der Waals surface area contributed by atoms with Crippen LogP contribution in [0.5, 0.6) is 0 Å². The zero-order chi connectivity index (χ0) is 31.3. The Bertz CT molecular complexity index is 1760. The van der Waals surface area contributed by atoms with Crippen molar-refractivity contribution in [1.29, 1.82) is 5.41 Å². The van der Waals surface area contributed by atoms with Gasteiger partial charge in [-0.2, -0.15) is 0 Å². The molecule has 4 aromatic rings. The van der Waals surface area contributed by atoms with Crippen molar-refractivity contribution >= 4 is 39.1 Å². The highest BCUT2D eigenvalue weighted by molar-refractivity contribution is 7.89. The lowest BCUT2D eigenvalue weighted by Crippen LogP contribution is -2.51. The number of sulfonamides is 1. The van der Waals surface area contributed by atoms with Gasteiger partial charge in [-0.25, -0.2) is 8.42 Å². The second kappa shape index (κ2) is 13.8. The van der Waals surface area contributed by atoms with Crippen molar-refractivity contribution in [1.82, 2.24) is 19.6 Å². The van der Waals surface area contributed by atoms with Crippen LogP contribution in [0.1, 0.15) is 16.7 Å². The largest absolute Gasteiger partial charge is 0.384 e. The van der Waals surface area contributed by atoms with Gasteiger partial charge in [-0.1, -0.05) is 96.5 Å². The maximum Gasteiger partial charge on any atom is 0.257 e. The van der Waals surface area contributed by atoms with Crippen molar-refractivity contribution in [2.75, 3.05) is 26.2 Å². The molecule has 11 heteroatoms. The summed E-state index contributed by atoms with van der Waals surface area (Å²) in [5, 5.41) is 10.3. The number of hydrazine groups is 1. The molecule has 228 valence electrons. The highest BCUT2D eigenvalue weighted by Crippen LogP contribution is 2.31. The van der Waals surface area contributed by atoms with Crippen LogP contribution in [0.25, 0.3) is 11.1 Å². The third kappa shape index (κ3) is 7.80. The molecule has 1 fully saturated rings. The fraction of sp³-hybridized carbons (Fsp3) is 0.182. The normalized spacial score (nSPS) is 13.9. The molecule has 1 saturated heterocycles. The molecule has 0 radical (unpaired) electrons. The highest BCUT2D eigenvalue weighted by atomic mass is 35.5. The standard InChI is InChI=1S/C33H34Cl2N6O2S/c1-24(40-17-15-39(16-18-40)22-25-7-3-2-4-8-25)41(23-26-9-5-11-28(19-26)33(36)37)38-44(42,43)30-12-6-10-27(20-30)31-14-13-29(34)21-32(31)35/h2-14,19-21,38H,1,15-18,22-23H2,(H3,36,37). The topological polar surface area (TPSA) is 106 Å². The number of halogens is 2. The van der Waals surface area contributed by atoms with Crippen molar-refractivity contribution in [2.24, 2.45) is 5.73 Å². The average Bonchev–Trinajstić information content (AvgIpc) is 3.01. The van der Waals surface area contributed by atoms with Crippen molar-refractivity contribution in [3.8, 4) is 11.1 Å². The van der Waals surface area contributed by atoms with Crippen LogP contribution in [0.3, 0.4) is 0 Å². The first kappa shape index (κ1) is 31.6. The van der Waals surface area contributed by atoms with E-state index in [2.05, 4.69) is 33.3 Å². The van der Waals surface area contributed by atoms with Gasteiger partial charge < -0.3 is 10.6 Å². The van der Waals surface area contributed by atoms with Crippen molar-refractivity contribution in [2.45, 2.75) is 18.0 Å². The van der Waals surface area contributed by atoms with Crippen molar-refractivity contribution in [3.63, 3.8) is 0 Å². The van der Waals surface area contributed by atoms with Gasteiger partial charge in [-0.15, -0.1) is 4.83 Å². The fourth-order valence-electron chi connectivity index (χ4n) is 5.12. The Morgan fingerprint density at radius 1 is 0.886 bits per heavy atom. The minimum atomic E-state index is -4.05. The third-order valence-corrected chi connectivity index (χ3v) is 9.38. The van der Waals surface area contributed by atoms with Crippen molar-refractivity contribution in [3.05, 3.63) is 136 Å². The molecule has 0 saturated carbocycles. The number of rotatable bonds is 11. The molecular weight excluding hydrogens is 615 g/mol. The zero-order valence-corrected chi connectivity index (χ0v) is 26.4. The predicted molar refractivity (Wildman–Crippen MR) is 178 cm³/mol. The summed E-state index contributed by atoms with van der Waals surface area (Å²) in [6.45, 7) is 8.31. The second-order valence-electron chi connectivity index (χ2n) is 10.6. The van der Waals surface area contributed by atoms with Crippen LogP contribution in [0.15, 0.2) is 114 Å². The molecule has 0 unspecified atom stereocenters. The van der Waals surface area contributed by atoms with Crippen LogP contribution in [0.2, 0.25) is 10.0 Å². The van der Waals surface area contributed by atoms with E-state index in [1.807, 2.05) is 24.3 Å². The summed E-state index contributed by atoms with van der Waals surface area (Å²) in [5.41, 5.74) is 9.62. The quantitative estimate of drug-likeness (QED) is 0.106. The molecule has 0 aliphatic carbocycles. The van der Waals surface area contributed by atoms with E-state index in [4.69, 9.17) is 34.3 Å². The van der Waals surface area contributed by atoms with E-state index < -0.39 is 10.0 Å². The molecule has 4 N–H and O–H groups in total. The maximum atomic E-state index is 13.8. The molecule has 0 atom stereocenters. The van der Waals surface area contributed by atoms with Crippen LogP contribution < -0.4 is 10.6 Å². The van der Waals surface area contributed by atoms with Gasteiger partial charge in [0.05, 0.1) is 11.4 Å². The van der Waals surface area contributed by atoms with Gasteiger partial charge in [0.25, 0.3) is 10.0 Å². The Hall–Kier alpha value is -3.86. The molecule has 0 amide bonds. The monoisotopic (exact) mass is 648 g/mol. The van der Waals surface area contributed by atoms with E-state index >= 15 is 0 Å². The molecule has 0 bridgehead atoms. The Labute approximate surface area is 268 Å². The molecule has 0 spiro atoms. The first-order valence-corrected chi connectivity index (χ1v) is 16.3. The fourth-order valence-corrected chi connectivity index (χ4v) is 6.75. The van der Waals surface area contributed by atoms with Gasteiger partial charge in [0.1, 0.15) is 11.7 Å². The van der Waals surface area contributed by atoms with E-state index in [1.54, 1.807) is 59.6 Å². The van der Waals surface area contributed by atoms with E-state index in [9.17, 15) is 8.42 Å². The summed E-state index contributed by atoms with van der Waals surface area (Å²) in [4.78, 5) is 7.30. The number of nitrogens with one attached hydrogen (secondary N) is 2. The summed E-state index contributed by atoms with van der Waals surface area (Å²) in [5.74, 6) is 0.461. The molecule has 44 heavy (non-hydrogen) atoms. The van der Waals surface area contributed by atoms with Gasteiger partial charge in [0, 0.05) is 53.9 Å². The predicted octanol–water partition coefficient (Wildman–Crippen LogP) is 5.93. The van der Waals surface area contributed by atoms with Gasteiger partial charge in [0.2, 0.25) is 0 Å². The van der Waals surface area contributed by atoms with Crippen LogP contribution >= 0.6 is 23.2 Å². The molecule has 1 aliphatic rings. The summed E-state index contributed by atoms with van der Waals surface area (Å²) in [6, 6.07) is 29.2. The first-order valence-electron chi connectivity index (χ1n) is 14.1. The summed E-state index contributed by atoms with van der Waals surface area (Å²) < 4.78 is 27.7. The smallest absolute Gasteiger partial charge is 0.257 e. The Morgan fingerprint density at radius 3 is 2.30 bits per heavy atom.